The van der Waals surface area contributed by atoms with E-state index in [1.54, 1.807) is 0 Å². The average molecular weight is 524 g/mol. The second kappa shape index (κ2) is 7.34. The van der Waals surface area contributed by atoms with E-state index in [4.69, 9.17) is 18.6 Å². The van der Waals surface area contributed by atoms with Crippen LogP contribution in [0.4, 0.5) is 0 Å². The number of phenolic OH excluding ortho intramolecular Hbond substituents is 3. The predicted octanol–water partition coefficient (Wildman–Crippen LogP) is 0.886. The van der Waals surface area contributed by atoms with Crippen LogP contribution in [0.1, 0.15) is 48.5 Å². The van der Waals surface area contributed by atoms with E-state index in [9.17, 15) is 44.7 Å². The summed E-state index contributed by atoms with van der Waals surface area (Å²) in [6.07, 6.45) is -3.42. The van der Waals surface area contributed by atoms with Crippen molar-refractivity contribution in [3.8, 4) is 28.7 Å². The highest BCUT2D eigenvalue weighted by Gasteiger charge is 2.64. The first-order valence-corrected chi connectivity index (χ1v) is 11.0. The fourth-order valence-electron chi connectivity index (χ4n) is 5.02. The molecule has 0 amide bonds. The fourth-order valence-corrected chi connectivity index (χ4v) is 5.02. The summed E-state index contributed by atoms with van der Waals surface area (Å²) in [7, 11) is 1.10. The van der Waals surface area contributed by atoms with Crippen molar-refractivity contribution in [1.29, 1.82) is 0 Å². The standard InChI is InChI=1S/C25H16O13/c1-6-3-7-4-8-15(27)23(33)25(37-20(8)18(30)11(7)24(34)36-6)22(32)14-17(29)12-9(26)5-10(35-2)16(28)13(12)19(31)21(14)38-25/h3-5,15,23,27,29-31,33H,1-2H3/t15-,23?,25?/m1/s1. The zero-order valence-electron chi connectivity index (χ0n) is 19.4. The lowest BCUT2D eigenvalue weighted by atomic mass is 9.85. The van der Waals surface area contributed by atoms with Crippen molar-refractivity contribution >= 4 is 28.1 Å². The van der Waals surface area contributed by atoms with Crippen LogP contribution in [0.2, 0.25) is 0 Å². The Labute approximate surface area is 210 Å². The van der Waals surface area contributed by atoms with Gasteiger partial charge in [0.25, 0.3) is 5.78 Å². The summed E-state index contributed by atoms with van der Waals surface area (Å²) in [5, 5.41) is 54.3. The molecule has 2 unspecified atom stereocenters. The number of methoxy groups -OCH3 is 1. The van der Waals surface area contributed by atoms with Gasteiger partial charge in [-0.25, -0.2) is 4.79 Å². The van der Waals surface area contributed by atoms with Crippen molar-refractivity contribution in [3.63, 3.8) is 0 Å². The molecule has 3 atom stereocenters. The number of carbonyl (C=O) groups is 3. The van der Waals surface area contributed by atoms with Crippen LogP contribution in [-0.2, 0) is 4.74 Å². The number of aliphatic hydroxyl groups excluding tert-OH is 2. The molecule has 3 aromatic rings. The second-order valence-electron chi connectivity index (χ2n) is 8.90. The number of benzene rings is 2. The minimum Gasteiger partial charge on any atom is -0.506 e. The number of carbonyl (C=O) groups excluding carboxylic acids is 3. The molecular weight excluding hydrogens is 508 g/mol. The van der Waals surface area contributed by atoms with Gasteiger partial charge in [-0.2, -0.15) is 0 Å². The third-order valence-corrected chi connectivity index (χ3v) is 6.77. The third-order valence-electron chi connectivity index (χ3n) is 6.77. The van der Waals surface area contributed by atoms with Crippen molar-refractivity contribution in [2.45, 2.75) is 24.9 Å². The number of hydrogen-bond acceptors (Lipinski definition) is 13. The number of ketones is 3. The molecule has 0 saturated carbocycles. The van der Waals surface area contributed by atoms with Gasteiger partial charge in [0, 0.05) is 11.6 Å². The molecule has 0 fully saturated rings. The van der Waals surface area contributed by atoms with Crippen LogP contribution in [0.25, 0.3) is 10.8 Å². The number of Topliss-reactive ketones (excluding diaryl/α,β-unsaturated/α-hetero) is 2. The van der Waals surface area contributed by atoms with E-state index in [0.29, 0.717) is 0 Å². The SMILES string of the molecule is COC1=CC(=O)c2c(O)c3c(c(O)c2C1=O)OC1(Oc2c(cc4cc(C)oc(=O)c4c2O)[C@@H](O)C1O)C3=O. The highest BCUT2D eigenvalue weighted by molar-refractivity contribution is 6.28. The average Bonchev–Trinajstić information content (AvgIpc) is 3.16. The molecule has 13 heteroatoms. The van der Waals surface area contributed by atoms with E-state index in [0.717, 1.165) is 13.2 Å². The van der Waals surface area contributed by atoms with E-state index < -0.39 is 92.2 Å². The zero-order chi connectivity index (χ0) is 27.4. The minimum absolute atomic E-state index is 0.143. The molecule has 1 aliphatic carbocycles. The second-order valence-corrected chi connectivity index (χ2v) is 8.90. The highest BCUT2D eigenvalue weighted by Crippen LogP contribution is 2.56. The molecule has 13 nitrogen and oxygen atoms in total. The summed E-state index contributed by atoms with van der Waals surface area (Å²) in [4.78, 5) is 51.4. The van der Waals surface area contributed by atoms with E-state index >= 15 is 0 Å². The molecule has 0 radical (unpaired) electrons. The Morgan fingerprint density at radius 3 is 2.26 bits per heavy atom. The minimum atomic E-state index is -2.91. The predicted molar refractivity (Wildman–Crippen MR) is 122 cm³/mol. The summed E-state index contributed by atoms with van der Waals surface area (Å²) in [6, 6.07) is 2.63. The molecule has 2 aromatic carbocycles. The lowest BCUT2D eigenvalue weighted by Crippen LogP contribution is -2.60. The topological polar surface area (TPSA) is 210 Å². The maximum Gasteiger partial charge on any atom is 0.347 e. The smallest absolute Gasteiger partial charge is 0.347 e. The molecule has 0 bridgehead atoms. The number of allylic oxidation sites excluding steroid dienone is 2. The lowest BCUT2D eigenvalue weighted by Gasteiger charge is -2.39. The Hall–Kier alpha value is -4.88. The van der Waals surface area contributed by atoms with Gasteiger partial charge in [-0.1, -0.05) is 0 Å². The molecule has 3 heterocycles. The van der Waals surface area contributed by atoms with Crippen LogP contribution in [0.3, 0.4) is 0 Å². The lowest BCUT2D eigenvalue weighted by molar-refractivity contribution is -0.190. The maximum absolute atomic E-state index is 13.6. The summed E-state index contributed by atoms with van der Waals surface area (Å²) in [5.74, 6) is -10.9. The normalized spacial score (nSPS) is 23.5. The van der Waals surface area contributed by atoms with Gasteiger partial charge in [-0.3, -0.25) is 14.4 Å². The van der Waals surface area contributed by atoms with Gasteiger partial charge in [0.1, 0.15) is 28.6 Å². The van der Waals surface area contributed by atoms with Crippen molar-refractivity contribution in [3.05, 3.63) is 62.4 Å². The van der Waals surface area contributed by atoms with Gasteiger partial charge in [-0.05, 0) is 24.4 Å². The van der Waals surface area contributed by atoms with E-state index in [2.05, 4.69) is 0 Å². The number of fused-ring (bicyclic) bond motifs is 4. The maximum atomic E-state index is 13.6. The zero-order valence-corrected chi connectivity index (χ0v) is 19.4. The van der Waals surface area contributed by atoms with Crippen molar-refractivity contribution in [2.75, 3.05) is 7.11 Å². The first-order chi connectivity index (χ1) is 17.9. The molecule has 3 aliphatic rings. The quantitative estimate of drug-likeness (QED) is 0.280. The van der Waals surface area contributed by atoms with Crippen LogP contribution < -0.4 is 15.1 Å². The molecule has 5 N–H and O–H groups in total. The van der Waals surface area contributed by atoms with Crippen LogP contribution in [0.15, 0.2) is 33.2 Å². The number of aryl methyl sites for hydroxylation is 1. The first kappa shape index (κ1) is 23.5. The van der Waals surface area contributed by atoms with Crippen molar-refractivity contribution in [1.82, 2.24) is 0 Å². The summed E-state index contributed by atoms with van der Waals surface area (Å²) < 4.78 is 21.0. The van der Waals surface area contributed by atoms with E-state index in [-0.39, 0.29) is 22.1 Å². The Kier molecular flexibility index (Phi) is 4.54. The van der Waals surface area contributed by atoms with Crippen molar-refractivity contribution in [2.24, 2.45) is 0 Å². The molecule has 1 aromatic heterocycles. The summed E-state index contributed by atoms with van der Waals surface area (Å²) in [5.41, 5.74) is -3.42. The highest BCUT2D eigenvalue weighted by atomic mass is 16.7. The first-order valence-electron chi connectivity index (χ1n) is 11.0. The van der Waals surface area contributed by atoms with Gasteiger partial charge in [0.15, 0.2) is 40.6 Å². The molecular formula is C25H16O13. The van der Waals surface area contributed by atoms with Gasteiger partial charge in [0.05, 0.1) is 18.2 Å². The number of aliphatic hydroxyl groups is 2. The van der Waals surface area contributed by atoms with Crippen LogP contribution in [0, 0.1) is 6.92 Å². The molecule has 2 aliphatic heterocycles. The van der Waals surface area contributed by atoms with Gasteiger partial charge < -0.3 is 44.2 Å². The summed E-state index contributed by atoms with van der Waals surface area (Å²) in [6.45, 7) is 1.48. The number of rotatable bonds is 1. The molecule has 0 saturated heterocycles. The van der Waals surface area contributed by atoms with Crippen molar-refractivity contribution < 1.29 is 58.5 Å². The number of phenols is 3. The summed E-state index contributed by atoms with van der Waals surface area (Å²) >= 11 is 0. The molecule has 194 valence electrons. The molecule has 38 heavy (non-hydrogen) atoms. The Morgan fingerprint density at radius 1 is 0.895 bits per heavy atom. The van der Waals surface area contributed by atoms with Crippen LogP contribution in [0.5, 0.6) is 28.7 Å². The molecule has 1 spiro atoms. The Balaban J connectivity index is 1.57. The monoisotopic (exact) mass is 524 g/mol. The third kappa shape index (κ3) is 2.65. The van der Waals surface area contributed by atoms with Gasteiger partial charge in [-0.15, -0.1) is 0 Å². The molecule has 6 rings (SSSR count). The van der Waals surface area contributed by atoms with Crippen LogP contribution in [-0.4, -0.2) is 61.9 Å². The van der Waals surface area contributed by atoms with E-state index in [1.165, 1.54) is 19.1 Å². The fraction of sp³-hybridized carbons (Fsp3) is 0.200. The van der Waals surface area contributed by atoms with Gasteiger partial charge >= 0.3 is 11.4 Å². The van der Waals surface area contributed by atoms with E-state index in [1.807, 2.05) is 0 Å². The van der Waals surface area contributed by atoms with Crippen LogP contribution >= 0.6 is 0 Å². The number of hydrogen-bond donors (Lipinski definition) is 5. The largest absolute Gasteiger partial charge is 0.506 e. The van der Waals surface area contributed by atoms with Gasteiger partial charge in [0.2, 0.25) is 5.78 Å². The number of aromatic hydroxyl groups is 3. The Morgan fingerprint density at radius 2 is 1.58 bits per heavy atom. The number of ether oxygens (including phenoxy) is 3. The Bertz CT molecular complexity index is 1760.